The van der Waals surface area contributed by atoms with E-state index in [0.29, 0.717) is 35.4 Å². The Morgan fingerprint density at radius 3 is 2.63 bits per heavy atom. The average Bonchev–Trinajstić information content (AvgIpc) is 2.33. The molecule has 1 aromatic rings. The van der Waals surface area contributed by atoms with Crippen molar-refractivity contribution >= 4 is 23.2 Å². The summed E-state index contributed by atoms with van der Waals surface area (Å²) in [6.45, 7) is 4.83. The second kappa shape index (κ2) is 7.00. The summed E-state index contributed by atoms with van der Waals surface area (Å²) in [4.78, 5) is 0. The van der Waals surface area contributed by atoms with Gasteiger partial charge in [-0.15, -0.1) is 0 Å². The number of nitrogens with one attached hydrogen (secondary N) is 1. The Labute approximate surface area is 124 Å². The van der Waals surface area contributed by atoms with Crippen molar-refractivity contribution in [1.29, 1.82) is 5.26 Å². The van der Waals surface area contributed by atoms with Crippen LogP contribution in [0.25, 0.3) is 0 Å². The standard InChI is InChI=1S/C14H18Cl2N2O/c1-14(2,9-17)4-5-19-13-10(8-18-3)6-11(15)7-12(13)16/h6-7,18H,4-5,8H2,1-3H3. The molecule has 104 valence electrons. The van der Waals surface area contributed by atoms with Crippen molar-refractivity contribution in [3.8, 4) is 11.8 Å². The minimum Gasteiger partial charge on any atom is -0.492 e. The van der Waals surface area contributed by atoms with Gasteiger partial charge in [0, 0.05) is 17.1 Å². The molecule has 0 saturated carbocycles. The fourth-order valence-corrected chi connectivity index (χ4v) is 2.15. The normalized spacial score (nSPS) is 11.2. The van der Waals surface area contributed by atoms with Gasteiger partial charge in [0.25, 0.3) is 0 Å². The molecule has 0 aromatic heterocycles. The molecule has 3 nitrogen and oxygen atoms in total. The van der Waals surface area contributed by atoms with Crippen molar-refractivity contribution in [2.24, 2.45) is 5.41 Å². The molecule has 0 radical (unpaired) electrons. The van der Waals surface area contributed by atoms with Crippen LogP contribution >= 0.6 is 23.2 Å². The largest absolute Gasteiger partial charge is 0.492 e. The molecule has 0 unspecified atom stereocenters. The third-order valence-electron chi connectivity index (χ3n) is 2.73. The summed E-state index contributed by atoms with van der Waals surface area (Å²) in [7, 11) is 1.84. The zero-order chi connectivity index (χ0) is 14.5. The van der Waals surface area contributed by atoms with Crippen LogP contribution in [0.4, 0.5) is 0 Å². The summed E-state index contributed by atoms with van der Waals surface area (Å²) in [6, 6.07) is 5.73. The minimum absolute atomic E-state index is 0.401. The maximum Gasteiger partial charge on any atom is 0.142 e. The van der Waals surface area contributed by atoms with Gasteiger partial charge in [-0.2, -0.15) is 5.26 Å². The Morgan fingerprint density at radius 1 is 1.37 bits per heavy atom. The molecule has 5 heteroatoms. The van der Waals surface area contributed by atoms with Gasteiger partial charge in [0.05, 0.1) is 23.1 Å². The second-order valence-corrected chi connectivity index (χ2v) is 5.84. The lowest BCUT2D eigenvalue weighted by atomic mass is 9.92. The smallest absolute Gasteiger partial charge is 0.142 e. The van der Waals surface area contributed by atoms with E-state index in [1.54, 1.807) is 6.07 Å². The number of rotatable bonds is 6. The summed E-state index contributed by atoms with van der Waals surface area (Å²) in [5.74, 6) is 0.633. The van der Waals surface area contributed by atoms with E-state index in [-0.39, 0.29) is 0 Å². The summed E-state index contributed by atoms with van der Waals surface area (Å²) in [6.07, 6.45) is 0.640. The molecule has 0 atom stereocenters. The molecular weight excluding hydrogens is 283 g/mol. The Hall–Kier alpha value is -0.950. The molecular formula is C14H18Cl2N2O. The third-order valence-corrected chi connectivity index (χ3v) is 3.23. The number of benzene rings is 1. The monoisotopic (exact) mass is 300 g/mol. The first kappa shape index (κ1) is 16.1. The highest BCUT2D eigenvalue weighted by Crippen LogP contribution is 2.33. The van der Waals surface area contributed by atoms with Crippen LogP contribution in [0.3, 0.4) is 0 Å². The molecule has 0 aliphatic rings. The lowest BCUT2D eigenvalue weighted by molar-refractivity contribution is 0.262. The molecule has 0 fully saturated rings. The van der Waals surface area contributed by atoms with Crippen LogP contribution in [0.15, 0.2) is 12.1 Å². The van der Waals surface area contributed by atoms with Gasteiger partial charge in [0.2, 0.25) is 0 Å². The lowest BCUT2D eigenvalue weighted by Gasteiger charge is -2.18. The van der Waals surface area contributed by atoms with Gasteiger partial charge in [-0.25, -0.2) is 0 Å². The number of nitrogens with zero attached hydrogens (tertiary/aromatic N) is 1. The van der Waals surface area contributed by atoms with Crippen LogP contribution in [-0.2, 0) is 6.54 Å². The van der Waals surface area contributed by atoms with Crippen LogP contribution in [-0.4, -0.2) is 13.7 Å². The Morgan fingerprint density at radius 2 is 2.05 bits per heavy atom. The average molecular weight is 301 g/mol. The van der Waals surface area contributed by atoms with E-state index in [1.165, 1.54) is 0 Å². The van der Waals surface area contributed by atoms with E-state index in [2.05, 4.69) is 11.4 Å². The van der Waals surface area contributed by atoms with Crippen molar-refractivity contribution in [3.05, 3.63) is 27.7 Å². The van der Waals surface area contributed by atoms with Gasteiger partial charge in [-0.05, 0) is 39.4 Å². The van der Waals surface area contributed by atoms with Gasteiger partial charge >= 0.3 is 0 Å². The maximum absolute atomic E-state index is 8.96. The molecule has 0 aliphatic carbocycles. The fraction of sp³-hybridized carbons (Fsp3) is 0.500. The predicted octanol–water partition coefficient (Wildman–Crippen LogP) is 4.03. The van der Waals surface area contributed by atoms with Gasteiger partial charge in [0.1, 0.15) is 5.75 Å². The molecule has 0 heterocycles. The van der Waals surface area contributed by atoms with Crippen LogP contribution in [0.1, 0.15) is 25.8 Å². The van der Waals surface area contributed by atoms with E-state index in [0.717, 1.165) is 5.56 Å². The van der Waals surface area contributed by atoms with Crippen LogP contribution in [0, 0.1) is 16.7 Å². The Bertz CT molecular complexity index is 481. The first-order chi connectivity index (χ1) is 8.89. The topological polar surface area (TPSA) is 45.0 Å². The number of halogens is 2. The predicted molar refractivity (Wildman–Crippen MR) is 78.7 cm³/mol. The van der Waals surface area contributed by atoms with E-state index in [1.807, 2.05) is 27.0 Å². The number of nitriles is 1. The number of ether oxygens (including phenoxy) is 1. The van der Waals surface area contributed by atoms with E-state index in [9.17, 15) is 0 Å². The van der Waals surface area contributed by atoms with E-state index in [4.69, 9.17) is 33.2 Å². The maximum atomic E-state index is 8.96. The van der Waals surface area contributed by atoms with Crippen molar-refractivity contribution in [2.45, 2.75) is 26.8 Å². The first-order valence-corrected chi connectivity index (χ1v) is 6.82. The molecule has 0 amide bonds. The summed E-state index contributed by atoms with van der Waals surface area (Å²) >= 11 is 12.1. The molecule has 0 spiro atoms. The Kier molecular flexibility index (Phi) is 5.93. The van der Waals surface area contributed by atoms with Crippen LogP contribution in [0.5, 0.6) is 5.75 Å². The van der Waals surface area contributed by atoms with Crippen molar-refractivity contribution in [3.63, 3.8) is 0 Å². The molecule has 0 aliphatic heterocycles. The SMILES string of the molecule is CNCc1cc(Cl)cc(Cl)c1OCCC(C)(C)C#N. The molecule has 19 heavy (non-hydrogen) atoms. The third kappa shape index (κ3) is 4.91. The molecule has 0 bridgehead atoms. The lowest BCUT2D eigenvalue weighted by Crippen LogP contribution is -2.14. The van der Waals surface area contributed by atoms with Gasteiger partial charge in [-0.1, -0.05) is 23.2 Å². The summed E-state index contributed by atoms with van der Waals surface area (Å²) in [5, 5.41) is 13.1. The highest BCUT2D eigenvalue weighted by Gasteiger charge is 2.17. The van der Waals surface area contributed by atoms with Gasteiger partial charge in [-0.3, -0.25) is 0 Å². The molecule has 1 N–H and O–H groups in total. The second-order valence-electron chi connectivity index (χ2n) is 5.00. The molecule has 0 saturated heterocycles. The zero-order valence-corrected chi connectivity index (χ0v) is 12.9. The quantitative estimate of drug-likeness (QED) is 0.862. The summed E-state index contributed by atoms with van der Waals surface area (Å²) < 4.78 is 5.73. The van der Waals surface area contributed by atoms with Crippen molar-refractivity contribution < 1.29 is 4.74 Å². The van der Waals surface area contributed by atoms with Crippen molar-refractivity contribution in [1.82, 2.24) is 5.32 Å². The molecule has 1 rings (SSSR count). The van der Waals surface area contributed by atoms with Gasteiger partial charge < -0.3 is 10.1 Å². The van der Waals surface area contributed by atoms with Crippen LogP contribution in [0.2, 0.25) is 10.0 Å². The van der Waals surface area contributed by atoms with E-state index < -0.39 is 5.41 Å². The zero-order valence-electron chi connectivity index (χ0n) is 11.4. The summed E-state index contributed by atoms with van der Waals surface area (Å²) in [5.41, 5.74) is 0.511. The highest BCUT2D eigenvalue weighted by molar-refractivity contribution is 6.35. The number of hydrogen-bond acceptors (Lipinski definition) is 3. The first-order valence-electron chi connectivity index (χ1n) is 6.06. The fourth-order valence-electron chi connectivity index (χ4n) is 1.56. The van der Waals surface area contributed by atoms with Crippen LogP contribution < -0.4 is 10.1 Å². The Balaban J connectivity index is 2.80. The minimum atomic E-state index is -0.401. The van der Waals surface area contributed by atoms with Gasteiger partial charge in [0.15, 0.2) is 0 Å². The van der Waals surface area contributed by atoms with Crippen molar-refractivity contribution in [2.75, 3.05) is 13.7 Å². The van der Waals surface area contributed by atoms with E-state index >= 15 is 0 Å². The highest BCUT2D eigenvalue weighted by atomic mass is 35.5. The molecule has 1 aromatic carbocycles. The number of hydrogen-bond donors (Lipinski definition) is 1.